The van der Waals surface area contributed by atoms with Crippen LogP contribution in [0.25, 0.3) is 11.3 Å². The Morgan fingerprint density at radius 3 is 2.53 bits per heavy atom. The Morgan fingerprint density at radius 1 is 1.20 bits per heavy atom. The van der Waals surface area contributed by atoms with Crippen LogP contribution >= 0.6 is 0 Å². The van der Waals surface area contributed by atoms with Gasteiger partial charge in [-0.25, -0.2) is 9.78 Å². The molecule has 4 nitrogen and oxygen atoms in total. The fourth-order valence-electron chi connectivity index (χ4n) is 1.31. The number of ether oxygens (including phenoxy) is 1. The molecule has 2 aromatic rings. The molecule has 0 spiro atoms. The summed E-state index contributed by atoms with van der Waals surface area (Å²) < 4.78 is 5.04. The molecule has 0 saturated heterocycles. The van der Waals surface area contributed by atoms with Crippen molar-refractivity contribution in [2.75, 3.05) is 7.11 Å². The number of rotatable bonds is 2. The smallest absolute Gasteiger partial charge is 0.345 e. The van der Waals surface area contributed by atoms with E-state index < -0.39 is 0 Å². The minimum Gasteiger partial charge on any atom is -0.497 e. The van der Waals surface area contributed by atoms with Gasteiger partial charge in [0.15, 0.2) is 0 Å². The minimum atomic E-state index is -0.344. The second kappa shape index (κ2) is 3.96. The molecule has 1 aromatic carbocycles. The predicted octanol–water partition coefficient (Wildman–Crippen LogP) is 1.45. The van der Waals surface area contributed by atoms with Crippen molar-refractivity contribution in [3.05, 3.63) is 47.0 Å². The maximum Gasteiger partial charge on any atom is 0.345 e. The van der Waals surface area contributed by atoms with Gasteiger partial charge in [0, 0.05) is 6.20 Å². The van der Waals surface area contributed by atoms with Gasteiger partial charge in [0.25, 0.3) is 0 Å². The van der Waals surface area contributed by atoms with Gasteiger partial charge in [0.1, 0.15) is 5.75 Å². The zero-order chi connectivity index (χ0) is 10.7. The van der Waals surface area contributed by atoms with Crippen LogP contribution < -0.4 is 10.4 Å². The van der Waals surface area contributed by atoms with Crippen molar-refractivity contribution in [3.8, 4) is 17.0 Å². The largest absolute Gasteiger partial charge is 0.497 e. The molecule has 1 heterocycles. The van der Waals surface area contributed by atoms with Crippen molar-refractivity contribution in [3.63, 3.8) is 0 Å². The van der Waals surface area contributed by atoms with E-state index in [1.165, 1.54) is 6.20 Å². The van der Waals surface area contributed by atoms with Crippen molar-refractivity contribution in [1.29, 1.82) is 0 Å². The Labute approximate surface area is 86.6 Å². The monoisotopic (exact) mass is 202 g/mol. The molecule has 0 bridgehead atoms. The summed E-state index contributed by atoms with van der Waals surface area (Å²) in [6, 6.07) is 9.19. The molecule has 0 aliphatic carbocycles. The molecule has 1 aromatic heterocycles. The van der Waals surface area contributed by atoms with Crippen molar-refractivity contribution in [2.45, 2.75) is 0 Å². The lowest BCUT2D eigenvalue weighted by Crippen LogP contribution is -2.09. The van der Waals surface area contributed by atoms with E-state index in [-0.39, 0.29) is 5.69 Å². The fraction of sp³-hybridized carbons (Fsp3) is 0.0909. The van der Waals surface area contributed by atoms with Crippen molar-refractivity contribution >= 4 is 0 Å². The summed E-state index contributed by atoms with van der Waals surface area (Å²) in [7, 11) is 1.61. The van der Waals surface area contributed by atoms with Gasteiger partial charge < -0.3 is 9.72 Å². The topological polar surface area (TPSA) is 55.0 Å². The first-order valence-electron chi connectivity index (χ1n) is 4.49. The Balaban J connectivity index is 2.41. The van der Waals surface area contributed by atoms with Crippen LogP contribution in [0.15, 0.2) is 41.3 Å². The Kier molecular flexibility index (Phi) is 2.49. The van der Waals surface area contributed by atoms with Crippen molar-refractivity contribution in [1.82, 2.24) is 9.97 Å². The first-order chi connectivity index (χ1) is 7.29. The van der Waals surface area contributed by atoms with Gasteiger partial charge in [-0.15, -0.1) is 0 Å². The molecule has 2 rings (SSSR count). The van der Waals surface area contributed by atoms with Crippen LogP contribution in [0.2, 0.25) is 0 Å². The van der Waals surface area contributed by atoms with Crippen molar-refractivity contribution in [2.24, 2.45) is 0 Å². The van der Waals surface area contributed by atoms with Gasteiger partial charge in [-0.05, 0) is 35.9 Å². The van der Waals surface area contributed by atoms with E-state index >= 15 is 0 Å². The van der Waals surface area contributed by atoms with Crippen LogP contribution in [0.1, 0.15) is 0 Å². The highest BCUT2D eigenvalue weighted by molar-refractivity contribution is 5.59. The summed E-state index contributed by atoms with van der Waals surface area (Å²) in [5.74, 6) is 0.787. The molecule has 0 aliphatic heterocycles. The number of hydrogen-bond donors (Lipinski definition) is 1. The van der Waals surface area contributed by atoms with Crippen molar-refractivity contribution < 1.29 is 4.74 Å². The lowest BCUT2D eigenvalue weighted by molar-refractivity contribution is 0.415. The molecule has 0 radical (unpaired) electrons. The lowest BCUT2D eigenvalue weighted by atomic mass is 10.1. The van der Waals surface area contributed by atoms with Gasteiger partial charge in [-0.1, -0.05) is 0 Å². The summed E-state index contributed by atoms with van der Waals surface area (Å²) in [4.78, 5) is 17.2. The van der Waals surface area contributed by atoms with E-state index in [2.05, 4.69) is 9.97 Å². The second-order valence-electron chi connectivity index (χ2n) is 3.02. The Morgan fingerprint density at radius 2 is 1.93 bits per heavy atom. The number of benzene rings is 1. The molecule has 0 atom stereocenters. The van der Waals surface area contributed by atoms with Gasteiger partial charge in [-0.2, -0.15) is 0 Å². The first kappa shape index (κ1) is 9.45. The zero-order valence-corrected chi connectivity index (χ0v) is 8.23. The van der Waals surface area contributed by atoms with Crippen LogP contribution in [-0.4, -0.2) is 17.1 Å². The number of aromatic nitrogens is 2. The molecule has 0 aliphatic rings. The van der Waals surface area contributed by atoms with Crippen LogP contribution in [0, 0.1) is 0 Å². The minimum absolute atomic E-state index is 0.344. The fourth-order valence-corrected chi connectivity index (χ4v) is 1.31. The first-order valence-corrected chi connectivity index (χ1v) is 4.49. The number of methoxy groups -OCH3 is 1. The maximum atomic E-state index is 11.0. The highest BCUT2D eigenvalue weighted by Crippen LogP contribution is 2.18. The molecule has 76 valence electrons. The number of nitrogens with zero attached hydrogens (tertiary/aromatic N) is 1. The molecule has 15 heavy (non-hydrogen) atoms. The van der Waals surface area contributed by atoms with E-state index in [0.29, 0.717) is 0 Å². The SMILES string of the molecule is COc1ccc(-c2ccnc(=O)[nH]2)cc1. The Hall–Kier alpha value is -2.10. The van der Waals surface area contributed by atoms with Gasteiger partial charge in [0.05, 0.1) is 12.8 Å². The highest BCUT2D eigenvalue weighted by Gasteiger charge is 1.98. The molecule has 1 N–H and O–H groups in total. The van der Waals surface area contributed by atoms with E-state index in [4.69, 9.17) is 4.74 Å². The van der Waals surface area contributed by atoms with Crippen LogP contribution in [0.4, 0.5) is 0 Å². The third-order valence-corrected chi connectivity index (χ3v) is 2.08. The Bertz CT molecular complexity index is 502. The molecule has 0 amide bonds. The average Bonchev–Trinajstić information content (AvgIpc) is 2.29. The standard InChI is InChI=1S/C11H10N2O2/c1-15-9-4-2-8(3-5-9)10-6-7-12-11(14)13-10/h2-7H,1H3,(H,12,13,14). The van der Waals surface area contributed by atoms with Crippen LogP contribution in [0.5, 0.6) is 5.75 Å². The summed E-state index contributed by atoms with van der Waals surface area (Å²) in [6.07, 6.45) is 1.48. The number of nitrogens with one attached hydrogen (secondary N) is 1. The van der Waals surface area contributed by atoms with Crippen LogP contribution in [-0.2, 0) is 0 Å². The number of H-pyrrole nitrogens is 1. The summed E-state index contributed by atoms with van der Waals surface area (Å²) in [5.41, 5.74) is 1.33. The highest BCUT2D eigenvalue weighted by atomic mass is 16.5. The maximum absolute atomic E-state index is 11.0. The van der Waals surface area contributed by atoms with E-state index in [1.807, 2.05) is 24.3 Å². The normalized spacial score (nSPS) is 9.93. The average molecular weight is 202 g/mol. The van der Waals surface area contributed by atoms with E-state index in [0.717, 1.165) is 17.0 Å². The molecule has 4 heteroatoms. The summed E-state index contributed by atoms with van der Waals surface area (Å²) >= 11 is 0. The van der Waals surface area contributed by atoms with E-state index in [9.17, 15) is 4.79 Å². The van der Waals surface area contributed by atoms with E-state index in [1.54, 1.807) is 13.2 Å². The summed E-state index contributed by atoms with van der Waals surface area (Å²) in [6.45, 7) is 0. The molecule has 0 saturated carbocycles. The molecular formula is C11H10N2O2. The number of hydrogen-bond acceptors (Lipinski definition) is 3. The lowest BCUT2D eigenvalue weighted by Gasteiger charge is -2.02. The molecule has 0 unspecified atom stereocenters. The van der Waals surface area contributed by atoms with Gasteiger partial charge in [-0.3, -0.25) is 0 Å². The molecular weight excluding hydrogens is 192 g/mol. The van der Waals surface area contributed by atoms with Gasteiger partial charge in [0.2, 0.25) is 0 Å². The second-order valence-corrected chi connectivity index (χ2v) is 3.02. The zero-order valence-electron chi connectivity index (χ0n) is 8.23. The third kappa shape index (κ3) is 2.04. The third-order valence-electron chi connectivity index (χ3n) is 2.08. The predicted molar refractivity (Wildman–Crippen MR) is 56.8 cm³/mol. The number of aromatic amines is 1. The van der Waals surface area contributed by atoms with Gasteiger partial charge >= 0.3 is 5.69 Å². The quantitative estimate of drug-likeness (QED) is 0.801. The molecule has 0 fully saturated rings. The summed E-state index contributed by atoms with van der Waals surface area (Å²) in [5, 5.41) is 0. The van der Waals surface area contributed by atoms with Crippen LogP contribution in [0.3, 0.4) is 0 Å².